The minimum absolute atomic E-state index is 0.221. The van der Waals surface area contributed by atoms with Crippen LogP contribution in [0.1, 0.15) is 23.6 Å². The first-order valence-corrected chi connectivity index (χ1v) is 7.15. The lowest BCUT2D eigenvalue weighted by atomic mass is 10.1. The molecule has 0 radical (unpaired) electrons. The summed E-state index contributed by atoms with van der Waals surface area (Å²) in [5.41, 5.74) is 2.38. The maximum absolute atomic E-state index is 13.0. The van der Waals surface area contributed by atoms with Crippen LogP contribution in [-0.4, -0.2) is 15.4 Å². The highest BCUT2D eigenvalue weighted by Gasteiger charge is 2.39. The van der Waals surface area contributed by atoms with Crippen molar-refractivity contribution in [2.45, 2.75) is 18.4 Å². The zero-order valence-corrected chi connectivity index (χ0v) is 11.7. The molecule has 3 aromatic rings. The molecule has 1 saturated carbocycles. The summed E-state index contributed by atoms with van der Waals surface area (Å²) in [6.07, 6.45) is 2.79. The Morgan fingerprint density at radius 3 is 2.82 bits per heavy atom. The Morgan fingerprint density at radius 1 is 1.23 bits per heavy atom. The molecular formula is C17H13FN4. The van der Waals surface area contributed by atoms with Gasteiger partial charge in [-0.1, -0.05) is 18.2 Å². The summed E-state index contributed by atoms with van der Waals surface area (Å²) < 4.78 is 14.7. The van der Waals surface area contributed by atoms with Crippen molar-refractivity contribution in [3.63, 3.8) is 0 Å². The van der Waals surface area contributed by atoms with Crippen molar-refractivity contribution in [3.05, 3.63) is 65.7 Å². The molecule has 1 aliphatic rings. The Bertz CT molecular complexity index is 876. The van der Waals surface area contributed by atoms with E-state index in [-0.39, 0.29) is 11.9 Å². The van der Waals surface area contributed by atoms with Gasteiger partial charge in [-0.3, -0.25) is 4.40 Å². The van der Waals surface area contributed by atoms with Crippen LogP contribution in [0.4, 0.5) is 10.2 Å². The van der Waals surface area contributed by atoms with Gasteiger partial charge in [0.05, 0.1) is 0 Å². The SMILES string of the molecule is N#Cc1c(N[C@@H]2C[C@H]2c2ccc(F)cc2)nc2ccccn12. The van der Waals surface area contributed by atoms with Gasteiger partial charge in [0.15, 0.2) is 11.5 Å². The van der Waals surface area contributed by atoms with E-state index in [2.05, 4.69) is 16.4 Å². The van der Waals surface area contributed by atoms with Gasteiger partial charge >= 0.3 is 0 Å². The Kier molecular flexibility index (Phi) is 2.83. The molecule has 2 atom stereocenters. The van der Waals surface area contributed by atoms with Crippen LogP contribution in [-0.2, 0) is 0 Å². The predicted molar refractivity (Wildman–Crippen MR) is 81.1 cm³/mol. The number of anilines is 1. The third kappa shape index (κ3) is 2.09. The molecule has 0 spiro atoms. The second-order valence-electron chi connectivity index (χ2n) is 5.49. The summed E-state index contributed by atoms with van der Waals surface area (Å²) in [6, 6.07) is 14.7. The van der Waals surface area contributed by atoms with E-state index in [0.717, 1.165) is 17.6 Å². The fraction of sp³-hybridized carbons (Fsp3) is 0.176. The number of hydrogen-bond acceptors (Lipinski definition) is 3. The monoisotopic (exact) mass is 292 g/mol. The lowest BCUT2D eigenvalue weighted by molar-refractivity contribution is 0.627. The van der Waals surface area contributed by atoms with Crippen LogP contribution in [0.5, 0.6) is 0 Å². The second-order valence-corrected chi connectivity index (χ2v) is 5.49. The lowest BCUT2D eigenvalue weighted by Gasteiger charge is -2.03. The molecule has 1 aromatic carbocycles. The first kappa shape index (κ1) is 12.8. The van der Waals surface area contributed by atoms with Gasteiger partial charge < -0.3 is 5.32 Å². The number of benzene rings is 1. The molecule has 5 heteroatoms. The van der Waals surface area contributed by atoms with Gasteiger partial charge in [0.2, 0.25) is 0 Å². The Morgan fingerprint density at radius 2 is 2.05 bits per heavy atom. The maximum Gasteiger partial charge on any atom is 0.168 e. The third-order valence-corrected chi connectivity index (χ3v) is 4.05. The van der Waals surface area contributed by atoms with Crippen LogP contribution in [0, 0.1) is 17.1 Å². The van der Waals surface area contributed by atoms with Crippen molar-refractivity contribution in [2.75, 3.05) is 5.32 Å². The number of pyridine rings is 1. The van der Waals surface area contributed by atoms with Gasteiger partial charge in [-0.2, -0.15) is 5.26 Å². The second kappa shape index (κ2) is 4.85. The lowest BCUT2D eigenvalue weighted by Crippen LogP contribution is -2.06. The number of nitrogens with zero attached hydrogens (tertiary/aromatic N) is 3. The normalized spacial score (nSPS) is 19.8. The van der Waals surface area contributed by atoms with E-state index in [1.54, 1.807) is 4.40 Å². The summed E-state index contributed by atoms with van der Waals surface area (Å²) in [5, 5.41) is 12.7. The van der Waals surface area contributed by atoms with Crippen molar-refractivity contribution in [2.24, 2.45) is 0 Å². The summed E-state index contributed by atoms with van der Waals surface area (Å²) in [4.78, 5) is 4.48. The number of nitrogens with one attached hydrogen (secondary N) is 1. The van der Waals surface area contributed by atoms with E-state index in [4.69, 9.17) is 0 Å². The topological polar surface area (TPSA) is 53.1 Å². The molecule has 0 saturated heterocycles. The molecule has 4 rings (SSSR count). The molecule has 1 N–H and O–H groups in total. The Hall–Kier alpha value is -2.87. The number of nitriles is 1. The number of hydrogen-bond donors (Lipinski definition) is 1. The number of halogens is 1. The molecule has 1 aliphatic carbocycles. The Balaban J connectivity index is 1.58. The minimum Gasteiger partial charge on any atom is -0.364 e. The molecule has 0 aliphatic heterocycles. The highest BCUT2D eigenvalue weighted by molar-refractivity contribution is 5.60. The number of imidazole rings is 1. The predicted octanol–water partition coefficient (Wildman–Crippen LogP) is 3.31. The van der Waals surface area contributed by atoms with Gasteiger partial charge in [0, 0.05) is 18.2 Å². The highest BCUT2D eigenvalue weighted by atomic mass is 19.1. The van der Waals surface area contributed by atoms with E-state index < -0.39 is 0 Å². The van der Waals surface area contributed by atoms with Crippen LogP contribution in [0.2, 0.25) is 0 Å². The van der Waals surface area contributed by atoms with Crippen LogP contribution in [0.3, 0.4) is 0 Å². The molecule has 0 bridgehead atoms. The molecule has 0 amide bonds. The molecule has 2 heterocycles. The quantitative estimate of drug-likeness (QED) is 0.805. The smallest absolute Gasteiger partial charge is 0.168 e. The van der Waals surface area contributed by atoms with E-state index in [1.807, 2.05) is 36.5 Å². The Labute approximate surface area is 126 Å². The standard InChI is InChI=1S/C17H13FN4/c18-12-6-4-11(5-7-12)13-9-14(13)20-17-15(10-19)22-8-2-1-3-16(22)21-17/h1-8,13-14,20H,9H2/t13-,14+/m0/s1. The molecular weight excluding hydrogens is 279 g/mol. The molecule has 22 heavy (non-hydrogen) atoms. The van der Waals surface area contributed by atoms with Crippen molar-refractivity contribution in [1.29, 1.82) is 5.26 Å². The molecule has 4 nitrogen and oxygen atoms in total. The van der Waals surface area contributed by atoms with Gasteiger partial charge in [-0.05, 0) is 36.2 Å². The molecule has 2 aromatic heterocycles. The van der Waals surface area contributed by atoms with E-state index in [1.165, 1.54) is 12.1 Å². The zero-order chi connectivity index (χ0) is 15.1. The zero-order valence-electron chi connectivity index (χ0n) is 11.7. The highest BCUT2D eigenvalue weighted by Crippen LogP contribution is 2.43. The third-order valence-electron chi connectivity index (χ3n) is 4.05. The molecule has 108 valence electrons. The van der Waals surface area contributed by atoms with E-state index in [9.17, 15) is 9.65 Å². The van der Waals surface area contributed by atoms with Gasteiger partial charge in [-0.15, -0.1) is 0 Å². The number of aromatic nitrogens is 2. The fourth-order valence-corrected chi connectivity index (χ4v) is 2.81. The van der Waals surface area contributed by atoms with Crippen molar-refractivity contribution in [3.8, 4) is 6.07 Å². The fourth-order valence-electron chi connectivity index (χ4n) is 2.81. The van der Waals surface area contributed by atoms with Crippen LogP contribution in [0.25, 0.3) is 5.65 Å². The summed E-state index contributed by atoms with van der Waals surface area (Å²) in [6.45, 7) is 0. The van der Waals surface area contributed by atoms with Crippen LogP contribution in [0.15, 0.2) is 48.7 Å². The van der Waals surface area contributed by atoms with Gasteiger partial charge in [-0.25, -0.2) is 9.37 Å². The van der Waals surface area contributed by atoms with E-state index in [0.29, 0.717) is 17.4 Å². The number of rotatable bonds is 3. The van der Waals surface area contributed by atoms with Crippen LogP contribution >= 0.6 is 0 Å². The largest absolute Gasteiger partial charge is 0.364 e. The van der Waals surface area contributed by atoms with Crippen molar-refractivity contribution < 1.29 is 4.39 Å². The van der Waals surface area contributed by atoms with E-state index >= 15 is 0 Å². The minimum atomic E-state index is -0.221. The first-order valence-electron chi connectivity index (χ1n) is 7.15. The molecule has 1 fully saturated rings. The summed E-state index contributed by atoms with van der Waals surface area (Å²) in [5.74, 6) is 0.737. The first-order chi connectivity index (χ1) is 10.8. The van der Waals surface area contributed by atoms with Crippen molar-refractivity contribution >= 4 is 11.5 Å². The molecule has 0 unspecified atom stereocenters. The summed E-state index contributed by atoms with van der Waals surface area (Å²) in [7, 11) is 0. The average molecular weight is 292 g/mol. The number of fused-ring (bicyclic) bond motifs is 1. The van der Waals surface area contributed by atoms with Crippen LogP contribution < -0.4 is 5.32 Å². The average Bonchev–Trinajstić information content (AvgIpc) is 3.20. The van der Waals surface area contributed by atoms with Gasteiger partial charge in [0.25, 0.3) is 0 Å². The van der Waals surface area contributed by atoms with Gasteiger partial charge in [0.1, 0.15) is 17.5 Å². The van der Waals surface area contributed by atoms with Crippen molar-refractivity contribution in [1.82, 2.24) is 9.38 Å². The maximum atomic E-state index is 13.0. The summed E-state index contributed by atoms with van der Waals surface area (Å²) >= 11 is 0.